The highest BCUT2D eigenvalue weighted by atomic mass is 16.2. The molecule has 0 radical (unpaired) electrons. The zero-order chi connectivity index (χ0) is 11.6. The molecule has 1 rings (SSSR count). The molecule has 1 heterocycles. The average molecular weight is 212 g/mol. The molecule has 0 saturated carbocycles. The summed E-state index contributed by atoms with van der Waals surface area (Å²) in [6.07, 6.45) is 3.62. The van der Waals surface area contributed by atoms with Gasteiger partial charge in [0, 0.05) is 17.5 Å². The van der Waals surface area contributed by atoms with Crippen LogP contribution < -0.4 is 5.43 Å². The van der Waals surface area contributed by atoms with Crippen LogP contribution in [0, 0.1) is 5.41 Å². The van der Waals surface area contributed by atoms with Crippen molar-refractivity contribution in [2.45, 2.75) is 66.0 Å². The normalized spacial score (nSPS) is 28.9. The number of nitrogens with zero attached hydrogens (tertiary/aromatic N) is 1. The van der Waals surface area contributed by atoms with Crippen LogP contribution >= 0.6 is 0 Å². The van der Waals surface area contributed by atoms with Gasteiger partial charge in [-0.05, 0) is 26.7 Å². The lowest BCUT2D eigenvalue weighted by molar-refractivity contribution is -0.137. The molecule has 0 aliphatic carbocycles. The number of amides is 1. The van der Waals surface area contributed by atoms with Gasteiger partial charge in [0.05, 0.1) is 0 Å². The monoisotopic (exact) mass is 212 g/mol. The molecule has 0 aromatic carbocycles. The molecule has 1 saturated heterocycles. The van der Waals surface area contributed by atoms with Gasteiger partial charge in [0.15, 0.2) is 0 Å². The van der Waals surface area contributed by atoms with E-state index in [1.807, 2.05) is 20.8 Å². The molecule has 15 heavy (non-hydrogen) atoms. The van der Waals surface area contributed by atoms with Crippen LogP contribution in [-0.2, 0) is 4.79 Å². The first-order valence-electron chi connectivity index (χ1n) is 5.92. The molecule has 0 spiro atoms. The number of piperidine rings is 1. The quantitative estimate of drug-likeness (QED) is 0.723. The van der Waals surface area contributed by atoms with Crippen LogP contribution in [0.25, 0.3) is 0 Å². The Morgan fingerprint density at radius 3 is 2.07 bits per heavy atom. The molecule has 1 aliphatic rings. The molecule has 0 aromatic heterocycles. The molecule has 3 nitrogen and oxygen atoms in total. The highest BCUT2D eigenvalue weighted by molar-refractivity contribution is 5.80. The Morgan fingerprint density at radius 2 is 1.67 bits per heavy atom. The van der Waals surface area contributed by atoms with Crippen LogP contribution in [0.2, 0.25) is 0 Å². The molecule has 0 bridgehead atoms. The van der Waals surface area contributed by atoms with E-state index in [4.69, 9.17) is 0 Å². The number of rotatable bonds is 1. The number of carbonyl (C=O) groups excluding carboxylic acids is 1. The highest BCUT2D eigenvalue weighted by Crippen LogP contribution is 2.21. The van der Waals surface area contributed by atoms with E-state index in [9.17, 15) is 4.79 Å². The summed E-state index contributed by atoms with van der Waals surface area (Å²) in [5, 5.41) is 2.12. The molecular weight excluding hydrogens is 188 g/mol. The van der Waals surface area contributed by atoms with Gasteiger partial charge < -0.3 is 0 Å². The minimum atomic E-state index is -0.309. The van der Waals surface area contributed by atoms with E-state index in [0.717, 1.165) is 0 Å². The van der Waals surface area contributed by atoms with Crippen LogP contribution in [0.3, 0.4) is 0 Å². The Morgan fingerprint density at radius 1 is 1.20 bits per heavy atom. The summed E-state index contributed by atoms with van der Waals surface area (Å²) in [7, 11) is 0. The molecule has 1 N–H and O–H groups in total. The zero-order valence-electron chi connectivity index (χ0n) is 10.6. The number of carbonyl (C=O) groups is 1. The maximum absolute atomic E-state index is 11.9. The molecule has 1 fully saturated rings. The third-order valence-electron chi connectivity index (χ3n) is 3.11. The molecular formula is C12H24N2O. The number of hydrogen-bond donors (Lipinski definition) is 1. The Bertz CT molecular complexity index is 222. The fraction of sp³-hybridized carbons (Fsp3) is 0.917. The Hall–Kier alpha value is -0.570. The van der Waals surface area contributed by atoms with Crippen molar-refractivity contribution >= 4 is 5.91 Å². The smallest absolute Gasteiger partial charge is 0.239 e. The second kappa shape index (κ2) is 4.52. The van der Waals surface area contributed by atoms with Crippen molar-refractivity contribution in [2.24, 2.45) is 5.41 Å². The number of hydrogen-bond acceptors (Lipinski definition) is 2. The lowest BCUT2D eigenvalue weighted by atomic mass is 9.95. The first-order valence-corrected chi connectivity index (χ1v) is 5.92. The fourth-order valence-corrected chi connectivity index (χ4v) is 1.93. The van der Waals surface area contributed by atoms with E-state index < -0.39 is 0 Å². The average Bonchev–Trinajstić information content (AvgIpc) is 2.09. The van der Waals surface area contributed by atoms with Crippen molar-refractivity contribution in [2.75, 3.05) is 0 Å². The molecule has 3 heteroatoms. The summed E-state index contributed by atoms with van der Waals surface area (Å²) in [5.41, 5.74) is 2.74. The van der Waals surface area contributed by atoms with Gasteiger partial charge in [0.25, 0.3) is 0 Å². The molecule has 0 unspecified atom stereocenters. The van der Waals surface area contributed by atoms with Crippen molar-refractivity contribution in [3.63, 3.8) is 0 Å². The SMILES string of the molecule is C[C@H]1CCC[C@H](C)N1NC(=O)C(C)(C)C. The number of hydrazine groups is 1. The van der Waals surface area contributed by atoms with Crippen molar-refractivity contribution in [1.82, 2.24) is 10.4 Å². The van der Waals surface area contributed by atoms with Crippen LogP contribution in [0.15, 0.2) is 0 Å². The summed E-state index contributed by atoms with van der Waals surface area (Å²) in [6, 6.07) is 0.917. The van der Waals surface area contributed by atoms with E-state index >= 15 is 0 Å². The van der Waals surface area contributed by atoms with Crippen LogP contribution in [0.4, 0.5) is 0 Å². The van der Waals surface area contributed by atoms with E-state index in [1.165, 1.54) is 19.3 Å². The van der Waals surface area contributed by atoms with Crippen LogP contribution in [0.1, 0.15) is 53.9 Å². The minimum absolute atomic E-state index is 0.114. The van der Waals surface area contributed by atoms with Crippen LogP contribution in [0.5, 0.6) is 0 Å². The summed E-state index contributed by atoms with van der Waals surface area (Å²) < 4.78 is 0. The maximum atomic E-state index is 11.9. The second-order valence-corrected chi connectivity index (χ2v) is 5.73. The third kappa shape index (κ3) is 3.20. The molecule has 88 valence electrons. The molecule has 1 amide bonds. The van der Waals surface area contributed by atoms with Gasteiger partial charge in [0.1, 0.15) is 0 Å². The van der Waals surface area contributed by atoms with E-state index in [0.29, 0.717) is 12.1 Å². The Labute approximate surface area is 93.2 Å². The van der Waals surface area contributed by atoms with Gasteiger partial charge in [-0.15, -0.1) is 0 Å². The van der Waals surface area contributed by atoms with E-state index in [-0.39, 0.29) is 11.3 Å². The highest BCUT2D eigenvalue weighted by Gasteiger charge is 2.29. The summed E-state index contributed by atoms with van der Waals surface area (Å²) in [4.78, 5) is 11.9. The predicted octanol–water partition coefficient (Wildman–Crippen LogP) is 2.33. The molecule has 1 aliphatic heterocycles. The summed E-state index contributed by atoms with van der Waals surface area (Å²) >= 11 is 0. The zero-order valence-corrected chi connectivity index (χ0v) is 10.6. The van der Waals surface area contributed by atoms with E-state index in [2.05, 4.69) is 24.3 Å². The Balaban J connectivity index is 2.59. The minimum Gasteiger partial charge on any atom is -0.288 e. The largest absolute Gasteiger partial charge is 0.288 e. The van der Waals surface area contributed by atoms with Crippen LogP contribution in [-0.4, -0.2) is 23.0 Å². The first kappa shape index (κ1) is 12.5. The van der Waals surface area contributed by atoms with Gasteiger partial charge >= 0.3 is 0 Å². The third-order valence-corrected chi connectivity index (χ3v) is 3.11. The second-order valence-electron chi connectivity index (χ2n) is 5.73. The van der Waals surface area contributed by atoms with Crippen molar-refractivity contribution in [3.05, 3.63) is 0 Å². The van der Waals surface area contributed by atoms with Gasteiger partial charge in [0.2, 0.25) is 5.91 Å². The van der Waals surface area contributed by atoms with Gasteiger partial charge in [-0.2, -0.15) is 0 Å². The lowest BCUT2D eigenvalue weighted by Crippen LogP contribution is -2.56. The van der Waals surface area contributed by atoms with Gasteiger partial charge in [-0.25, -0.2) is 5.01 Å². The first-order chi connectivity index (χ1) is 6.82. The Kier molecular flexibility index (Phi) is 3.77. The molecule has 2 atom stereocenters. The number of nitrogens with one attached hydrogen (secondary N) is 1. The van der Waals surface area contributed by atoms with Gasteiger partial charge in [-0.3, -0.25) is 10.2 Å². The topological polar surface area (TPSA) is 32.3 Å². The standard InChI is InChI=1S/C12H24N2O/c1-9-7-6-8-10(2)14(9)13-11(15)12(3,4)5/h9-10H,6-8H2,1-5H3,(H,13,15)/t9-,10-/m0/s1. The van der Waals surface area contributed by atoms with Crippen molar-refractivity contribution in [1.29, 1.82) is 0 Å². The summed E-state index contributed by atoms with van der Waals surface area (Å²) in [6.45, 7) is 10.2. The van der Waals surface area contributed by atoms with Crippen molar-refractivity contribution < 1.29 is 4.79 Å². The molecule has 0 aromatic rings. The lowest BCUT2D eigenvalue weighted by Gasteiger charge is -2.40. The maximum Gasteiger partial charge on any atom is 0.239 e. The van der Waals surface area contributed by atoms with E-state index in [1.54, 1.807) is 0 Å². The van der Waals surface area contributed by atoms with Gasteiger partial charge in [-0.1, -0.05) is 27.2 Å². The fourth-order valence-electron chi connectivity index (χ4n) is 1.93. The van der Waals surface area contributed by atoms with Crippen molar-refractivity contribution in [3.8, 4) is 0 Å². The predicted molar refractivity (Wildman–Crippen MR) is 62.2 cm³/mol. The summed E-state index contributed by atoms with van der Waals surface area (Å²) in [5.74, 6) is 0.114.